The van der Waals surface area contributed by atoms with Gasteiger partial charge in [-0.25, -0.2) is 0 Å². The smallest absolute Gasteiger partial charge is 0.348 e. The Labute approximate surface area is 160 Å². The molecule has 0 unspecified atom stereocenters. The molecule has 0 saturated carbocycles. The lowest BCUT2D eigenvalue weighted by molar-refractivity contribution is -0.137. The Hall–Kier alpha value is -3.16. The number of rotatable bonds is 5. The van der Waals surface area contributed by atoms with Crippen molar-refractivity contribution in [3.63, 3.8) is 0 Å². The summed E-state index contributed by atoms with van der Waals surface area (Å²) < 4.78 is 40.1. The van der Waals surface area contributed by atoms with Gasteiger partial charge in [0.05, 0.1) is 23.0 Å². The topological polar surface area (TPSA) is 59.8 Å². The lowest BCUT2D eigenvalue weighted by atomic mass is 10.1. The lowest BCUT2D eigenvalue weighted by Crippen LogP contribution is -2.23. The van der Waals surface area contributed by atoms with Crippen LogP contribution >= 0.6 is 0 Å². The summed E-state index contributed by atoms with van der Waals surface area (Å²) in [6, 6.07) is 8.43. The minimum Gasteiger partial charge on any atom is -0.348 e. The van der Waals surface area contributed by atoms with E-state index in [-0.39, 0.29) is 12.6 Å². The highest BCUT2D eigenvalue weighted by Gasteiger charge is 2.30. The summed E-state index contributed by atoms with van der Waals surface area (Å²) in [4.78, 5) is 16.5. The predicted molar refractivity (Wildman–Crippen MR) is 98.5 cm³/mol. The number of halogens is 3. The van der Waals surface area contributed by atoms with Gasteiger partial charge in [0.25, 0.3) is 5.91 Å². The fraction of sp³-hybridized carbons (Fsp3) is 0.250. The molecule has 0 fully saturated rings. The van der Waals surface area contributed by atoms with Crippen molar-refractivity contribution in [1.29, 1.82) is 0 Å². The molecule has 1 aromatic carbocycles. The Kier molecular flexibility index (Phi) is 5.48. The van der Waals surface area contributed by atoms with Crippen LogP contribution in [0.15, 0.2) is 55.0 Å². The summed E-state index contributed by atoms with van der Waals surface area (Å²) in [5.74, 6) is -0.408. The molecule has 0 spiro atoms. The second-order valence-electron chi connectivity index (χ2n) is 6.62. The van der Waals surface area contributed by atoms with Gasteiger partial charge in [-0.3, -0.25) is 14.5 Å². The third kappa shape index (κ3) is 4.57. The SMILES string of the molecule is CC(C)n1cc(-c2ccc(C(=O)NCc3cccc(C(F)(F)F)c3)cn2)cn1. The van der Waals surface area contributed by atoms with E-state index in [1.807, 2.05) is 24.7 Å². The van der Waals surface area contributed by atoms with Crippen molar-refractivity contribution in [1.82, 2.24) is 20.1 Å². The Morgan fingerprint density at radius 3 is 2.57 bits per heavy atom. The first kappa shape index (κ1) is 19.6. The van der Waals surface area contributed by atoms with Gasteiger partial charge in [0.2, 0.25) is 0 Å². The molecule has 0 atom stereocenters. The predicted octanol–water partition coefficient (Wildman–Crippen LogP) is 4.47. The third-order valence-corrected chi connectivity index (χ3v) is 4.16. The molecular weight excluding hydrogens is 369 g/mol. The third-order valence-electron chi connectivity index (χ3n) is 4.16. The van der Waals surface area contributed by atoms with E-state index in [1.54, 1.807) is 18.3 Å². The number of aromatic nitrogens is 3. The Morgan fingerprint density at radius 2 is 1.96 bits per heavy atom. The van der Waals surface area contributed by atoms with Gasteiger partial charge < -0.3 is 5.32 Å². The molecule has 5 nitrogen and oxygen atoms in total. The largest absolute Gasteiger partial charge is 0.416 e. The van der Waals surface area contributed by atoms with Crippen LogP contribution in [0.25, 0.3) is 11.3 Å². The van der Waals surface area contributed by atoms with Gasteiger partial charge in [-0.15, -0.1) is 0 Å². The molecule has 28 heavy (non-hydrogen) atoms. The number of nitrogens with one attached hydrogen (secondary N) is 1. The molecule has 0 aliphatic heterocycles. The standard InChI is InChI=1S/C20H19F3N4O/c1-13(2)27-12-16(11-26-27)18-7-6-15(10-24-18)19(28)25-9-14-4-3-5-17(8-14)20(21,22)23/h3-8,10-13H,9H2,1-2H3,(H,25,28). The maximum Gasteiger partial charge on any atom is 0.416 e. The second-order valence-corrected chi connectivity index (χ2v) is 6.62. The molecule has 0 aliphatic rings. The number of pyridine rings is 1. The van der Waals surface area contributed by atoms with Crippen LogP contribution in [0.3, 0.4) is 0 Å². The first-order valence-corrected chi connectivity index (χ1v) is 8.69. The minimum absolute atomic E-state index is 0.00827. The summed E-state index contributed by atoms with van der Waals surface area (Å²) in [5.41, 5.74) is 1.47. The van der Waals surface area contributed by atoms with Crippen molar-refractivity contribution in [2.45, 2.75) is 32.6 Å². The van der Waals surface area contributed by atoms with Crippen molar-refractivity contribution in [2.24, 2.45) is 0 Å². The molecule has 0 saturated heterocycles. The number of nitrogens with zero attached hydrogens (tertiary/aromatic N) is 3. The second kappa shape index (κ2) is 7.84. The van der Waals surface area contributed by atoms with Gasteiger partial charge in [0, 0.05) is 30.5 Å². The maximum absolute atomic E-state index is 12.8. The van der Waals surface area contributed by atoms with Gasteiger partial charge in [-0.1, -0.05) is 12.1 Å². The average molecular weight is 388 g/mol. The van der Waals surface area contributed by atoms with Crippen LogP contribution in [-0.4, -0.2) is 20.7 Å². The molecule has 1 amide bonds. The Balaban J connectivity index is 1.65. The van der Waals surface area contributed by atoms with Crippen LogP contribution in [-0.2, 0) is 12.7 Å². The molecule has 0 radical (unpaired) electrons. The zero-order chi connectivity index (χ0) is 20.3. The highest BCUT2D eigenvalue weighted by atomic mass is 19.4. The van der Waals surface area contributed by atoms with Crippen LogP contribution in [0.2, 0.25) is 0 Å². The molecule has 1 N–H and O–H groups in total. The summed E-state index contributed by atoms with van der Waals surface area (Å²) in [5, 5.41) is 6.86. The van der Waals surface area contributed by atoms with Gasteiger partial charge >= 0.3 is 6.18 Å². The van der Waals surface area contributed by atoms with Crippen LogP contribution in [0.4, 0.5) is 13.2 Å². The van der Waals surface area contributed by atoms with Crippen molar-refractivity contribution in [3.05, 3.63) is 71.7 Å². The fourth-order valence-corrected chi connectivity index (χ4v) is 2.59. The number of carbonyl (C=O) groups is 1. The minimum atomic E-state index is -4.41. The van der Waals surface area contributed by atoms with E-state index in [9.17, 15) is 18.0 Å². The molecule has 2 heterocycles. The highest BCUT2D eigenvalue weighted by Crippen LogP contribution is 2.29. The number of alkyl halides is 3. The van der Waals surface area contributed by atoms with E-state index in [0.717, 1.165) is 17.7 Å². The van der Waals surface area contributed by atoms with E-state index in [1.165, 1.54) is 18.3 Å². The molecule has 0 aliphatic carbocycles. The van der Waals surface area contributed by atoms with Crippen molar-refractivity contribution in [3.8, 4) is 11.3 Å². The van der Waals surface area contributed by atoms with Gasteiger partial charge in [-0.05, 0) is 43.7 Å². The highest BCUT2D eigenvalue weighted by molar-refractivity contribution is 5.94. The van der Waals surface area contributed by atoms with Crippen molar-refractivity contribution < 1.29 is 18.0 Å². The number of amides is 1. The molecule has 2 aromatic heterocycles. The zero-order valence-electron chi connectivity index (χ0n) is 15.4. The van der Waals surface area contributed by atoms with E-state index < -0.39 is 17.6 Å². The van der Waals surface area contributed by atoms with E-state index in [0.29, 0.717) is 16.8 Å². The molecule has 146 valence electrons. The molecular formula is C20H19F3N4O. The molecule has 8 heteroatoms. The van der Waals surface area contributed by atoms with Crippen LogP contribution in [0.5, 0.6) is 0 Å². The fourth-order valence-electron chi connectivity index (χ4n) is 2.59. The molecule has 0 bridgehead atoms. The molecule has 3 aromatic rings. The van der Waals surface area contributed by atoms with Crippen molar-refractivity contribution >= 4 is 5.91 Å². The number of hydrogen-bond donors (Lipinski definition) is 1. The van der Waals surface area contributed by atoms with E-state index in [2.05, 4.69) is 15.4 Å². The lowest BCUT2D eigenvalue weighted by Gasteiger charge is -2.10. The summed E-state index contributed by atoms with van der Waals surface area (Å²) >= 11 is 0. The Morgan fingerprint density at radius 1 is 1.18 bits per heavy atom. The van der Waals surface area contributed by atoms with Gasteiger partial charge in [-0.2, -0.15) is 18.3 Å². The number of hydrogen-bond acceptors (Lipinski definition) is 3. The monoisotopic (exact) mass is 388 g/mol. The van der Waals surface area contributed by atoms with Crippen LogP contribution < -0.4 is 5.32 Å². The first-order chi connectivity index (χ1) is 13.2. The first-order valence-electron chi connectivity index (χ1n) is 8.69. The van der Waals surface area contributed by atoms with Gasteiger partial charge in [0.15, 0.2) is 0 Å². The summed E-state index contributed by atoms with van der Waals surface area (Å²) in [7, 11) is 0. The number of carbonyl (C=O) groups excluding carboxylic acids is 1. The van der Waals surface area contributed by atoms with Crippen LogP contribution in [0, 0.1) is 0 Å². The van der Waals surface area contributed by atoms with Crippen molar-refractivity contribution in [2.75, 3.05) is 0 Å². The average Bonchev–Trinajstić information content (AvgIpc) is 3.16. The Bertz CT molecular complexity index is 962. The molecule has 3 rings (SSSR count). The normalized spacial score (nSPS) is 11.6. The maximum atomic E-state index is 12.8. The summed E-state index contributed by atoms with van der Waals surface area (Å²) in [6.45, 7) is 4.02. The zero-order valence-corrected chi connectivity index (χ0v) is 15.4. The number of benzene rings is 1. The van der Waals surface area contributed by atoms with Gasteiger partial charge in [0.1, 0.15) is 0 Å². The summed E-state index contributed by atoms with van der Waals surface area (Å²) in [6.07, 6.45) is 0.600. The van der Waals surface area contributed by atoms with E-state index >= 15 is 0 Å². The quantitative estimate of drug-likeness (QED) is 0.701. The van der Waals surface area contributed by atoms with E-state index in [4.69, 9.17) is 0 Å². The van der Waals surface area contributed by atoms with Crippen LogP contribution in [0.1, 0.15) is 41.4 Å².